The lowest BCUT2D eigenvalue weighted by molar-refractivity contribution is 0.0699. The number of thiophene rings is 1. The third-order valence-electron chi connectivity index (χ3n) is 4.04. The summed E-state index contributed by atoms with van der Waals surface area (Å²) in [5, 5.41) is 26.8. The van der Waals surface area contributed by atoms with E-state index >= 15 is 0 Å². The first kappa shape index (κ1) is 17.8. The van der Waals surface area contributed by atoms with Crippen LogP contribution < -0.4 is 5.32 Å². The quantitative estimate of drug-likeness (QED) is 0.524. The molecule has 7 nitrogen and oxygen atoms in total. The fourth-order valence-corrected chi connectivity index (χ4v) is 4.23. The van der Waals surface area contributed by atoms with Crippen LogP contribution in [0.15, 0.2) is 47.8 Å². The number of hydrogen-bond donors (Lipinski definition) is 2. The van der Waals surface area contributed by atoms with E-state index in [1.165, 1.54) is 22.9 Å². The number of fused-ring (bicyclic) bond motifs is 1. The maximum absolute atomic E-state index is 12.6. The monoisotopic (exact) mass is 406 g/mol. The molecule has 1 amide bonds. The second-order valence-electron chi connectivity index (χ2n) is 5.76. The van der Waals surface area contributed by atoms with Crippen molar-refractivity contribution in [3.63, 3.8) is 0 Å². The lowest BCUT2D eigenvalue weighted by atomic mass is 10.1. The summed E-state index contributed by atoms with van der Waals surface area (Å²) in [6, 6.07) is 13.6. The number of nitrogens with one attached hydrogen (secondary N) is 1. The predicted molar refractivity (Wildman–Crippen MR) is 107 cm³/mol. The number of rotatable bonds is 4. The fourth-order valence-electron chi connectivity index (χ4n) is 2.69. The van der Waals surface area contributed by atoms with Gasteiger partial charge < -0.3 is 10.4 Å². The molecule has 28 heavy (non-hydrogen) atoms. The lowest BCUT2D eigenvalue weighted by Crippen LogP contribution is -2.14. The number of aromatic carboxylic acids is 1. The van der Waals surface area contributed by atoms with Gasteiger partial charge in [-0.3, -0.25) is 4.79 Å². The predicted octanol–water partition coefficient (Wildman–Crippen LogP) is 4.24. The first-order chi connectivity index (χ1) is 13.6. The average molecular weight is 406 g/mol. The van der Waals surface area contributed by atoms with Crippen LogP contribution in [0, 0.1) is 11.3 Å². The molecule has 0 fully saturated rings. The summed E-state index contributed by atoms with van der Waals surface area (Å²) in [4.78, 5) is 25.0. The molecule has 2 aromatic heterocycles. The van der Waals surface area contributed by atoms with Crippen LogP contribution in [0.25, 0.3) is 20.7 Å². The van der Waals surface area contributed by atoms with Crippen LogP contribution in [0.5, 0.6) is 0 Å². The second-order valence-corrected chi connectivity index (χ2v) is 7.42. The molecule has 0 spiro atoms. The Bertz CT molecular complexity index is 1250. The minimum atomic E-state index is -1.14. The molecule has 2 heterocycles. The maximum atomic E-state index is 12.6. The van der Waals surface area contributed by atoms with Crippen molar-refractivity contribution in [2.24, 2.45) is 0 Å². The number of nitrogens with zero attached hydrogens (tertiary/aromatic N) is 3. The molecule has 0 bridgehead atoms. The Kier molecular flexibility index (Phi) is 4.57. The standard InChI is InChI=1S/C19H10N4O3S2/c20-8-10-1-3-11(4-2-10)17-16(19(25)26)14(9-27-17)21-18(24)12-5-6-15-13(7-12)22-23-28-15/h1-7,9H,(H,21,24)(H,25,26). The number of carboxylic acid groups (broad SMARTS) is 1. The summed E-state index contributed by atoms with van der Waals surface area (Å²) < 4.78 is 4.70. The number of hydrogen-bond acceptors (Lipinski definition) is 7. The van der Waals surface area contributed by atoms with Crippen LogP contribution in [0.4, 0.5) is 5.69 Å². The maximum Gasteiger partial charge on any atom is 0.339 e. The molecule has 0 saturated carbocycles. The van der Waals surface area contributed by atoms with Gasteiger partial charge in [-0.05, 0) is 47.4 Å². The van der Waals surface area contributed by atoms with Crippen molar-refractivity contribution >= 4 is 50.6 Å². The van der Waals surface area contributed by atoms with Crippen molar-refractivity contribution in [1.29, 1.82) is 5.26 Å². The Labute approximate surface area is 166 Å². The molecule has 4 aromatic rings. The van der Waals surface area contributed by atoms with E-state index in [1.807, 2.05) is 6.07 Å². The van der Waals surface area contributed by atoms with E-state index in [9.17, 15) is 14.7 Å². The summed E-state index contributed by atoms with van der Waals surface area (Å²) in [5.41, 5.74) is 2.36. The van der Waals surface area contributed by atoms with Crippen molar-refractivity contribution in [2.45, 2.75) is 0 Å². The van der Waals surface area contributed by atoms with Crippen LogP contribution in [-0.2, 0) is 0 Å². The Balaban J connectivity index is 1.67. The van der Waals surface area contributed by atoms with Crippen LogP contribution in [0.2, 0.25) is 0 Å². The Hall–Kier alpha value is -3.61. The average Bonchev–Trinajstić information content (AvgIpc) is 3.34. The SMILES string of the molecule is N#Cc1ccc(-c2scc(NC(=O)c3ccc4snnc4c3)c2C(=O)O)cc1. The minimum Gasteiger partial charge on any atom is -0.478 e. The summed E-state index contributed by atoms with van der Waals surface area (Å²) >= 11 is 2.45. The Morgan fingerprint density at radius 3 is 2.64 bits per heavy atom. The number of anilines is 1. The van der Waals surface area contributed by atoms with Crippen LogP contribution in [0.3, 0.4) is 0 Å². The van der Waals surface area contributed by atoms with Gasteiger partial charge in [0, 0.05) is 10.9 Å². The first-order valence-electron chi connectivity index (χ1n) is 7.95. The second kappa shape index (κ2) is 7.19. The third kappa shape index (κ3) is 3.22. The zero-order valence-corrected chi connectivity index (χ0v) is 15.7. The molecule has 0 atom stereocenters. The van der Waals surface area contributed by atoms with E-state index in [0.717, 1.165) is 4.70 Å². The number of carboxylic acids is 1. The van der Waals surface area contributed by atoms with Gasteiger partial charge in [-0.15, -0.1) is 16.4 Å². The molecule has 0 radical (unpaired) electrons. The van der Waals surface area contributed by atoms with Gasteiger partial charge in [-0.2, -0.15) is 5.26 Å². The largest absolute Gasteiger partial charge is 0.478 e. The minimum absolute atomic E-state index is 0.0134. The highest BCUT2D eigenvalue weighted by Crippen LogP contribution is 2.36. The van der Waals surface area contributed by atoms with Gasteiger partial charge in [0.25, 0.3) is 5.91 Å². The number of carbonyl (C=O) groups excluding carboxylic acids is 1. The Morgan fingerprint density at radius 1 is 1.14 bits per heavy atom. The lowest BCUT2D eigenvalue weighted by Gasteiger charge is -2.06. The topological polar surface area (TPSA) is 116 Å². The molecular formula is C19H10N4O3S2. The number of nitriles is 1. The summed E-state index contributed by atoms with van der Waals surface area (Å²) in [6.45, 7) is 0. The van der Waals surface area contributed by atoms with E-state index in [4.69, 9.17) is 5.26 Å². The van der Waals surface area contributed by atoms with Gasteiger partial charge in [0.2, 0.25) is 0 Å². The van der Waals surface area contributed by atoms with E-state index in [2.05, 4.69) is 14.9 Å². The molecule has 2 aromatic carbocycles. The van der Waals surface area contributed by atoms with E-state index in [1.54, 1.807) is 47.8 Å². The molecule has 0 aliphatic rings. The molecule has 0 unspecified atom stereocenters. The zero-order valence-electron chi connectivity index (χ0n) is 14.0. The smallest absolute Gasteiger partial charge is 0.339 e. The number of amides is 1. The van der Waals surface area contributed by atoms with Crippen LogP contribution in [0.1, 0.15) is 26.3 Å². The van der Waals surface area contributed by atoms with Gasteiger partial charge in [-0.1, -0.05) is 16.6 Å². The molecule has 2 N–H and O–H groups in total. The van der Waals surface area contributed by atoms with Crippen molar-refractivity contribution in [2.75, 3.05) is 5.32 Å². The summed E-state index contributed by atoms with van der Waals surface area (Å²) in [5.74, 6) is -1.57. The van der Waals surface area contributed by atoms with Gasteiger partial charge in [0.1, 0.15) is 11.1 Å². The van der Waals surface area contributed by atoms with E-state index in [0.29, 0.717) is 27.1 Å². The van der Waals surface area contributed by atoms with Gasteiger partial charge in [0.15, 0.2) is 0 Å². The normalized spacial score (nSPS) is 10.5. The highest BCUT2D eigenvalue weighted by atomic mass is 32.1. The van der Waals surface area contributed by atoms with Crippen molar-refractivity contribution in [3.8, 4) is 16.5 Å². The highest BCUT2D eigenvalue weighted by Gasteiger charge is 2.21. The molecule has 0 aliphatic carbocycles. The van der Waals surface area contributed by atoms with Gasteiger partial charge in [-0.25, -0.2) is 4.79 Å². The third-order valence-corrected chi connectivity index (χ3v) is 5.77. The van der Waals surface area contributed by atoms with Gasteiger partial charge in [0.05, 0.1) is 26.9 Å². The Morgan fingerprint density at radius 2 is 1.93 bits per heavy atom. The van der Waals surface area contributed by atoms with Gasteiger partial charge >= 0.3 is 5.97 Å². The summed E-state index contributed by atoms with van der Waals surface area (Å²) in [7, 11) is 0. The van der Waals surface area contributed by atoms with Crippen molar-refractivity contribution < 1.29 is 14.7 Å². The molecule has 9 heteroatoms. The number of aromatic nitrogens is 2. The van der Waals surface area contributed by atoms with Crippen LogP contribution in [-0.4, -0.2) is 26.6 Å². The molecule has 4 rings (SSSR count). The first-order valence-corrected chi connectivity index (χ1v) is 9.61. The zero-order chi connectivity index (χ0) is 19.7. The fraction of sp³-hybridized carbons (Fsp3) is 0. The van der Waals surface area contributed by atoms with Crippen LogP contribution >= 0.6 is 22.9 Å². The number of carbonyl (C=O) groups is 2. The molecule has 0 saturated heterocycles. The molecule has 0 aliphatic heterocycles. The van der Waals surface area contributed by atoms with Crippen molar-refractivity contribution in [1.82, 2.24) is 9.59 Å². The van der Waals surface area contributed by atoms with E-state index < -0.39 is 11.9 Å². The molecule has 136 valence electrons. The number of benzene rings is 2. The van der Waals surface area contributed by atoms with Crippen molar-refractivity contribution in [3.05, 3.63) is 64.5 Å². The highest BCUT2D eigenvalue weighted by molar-refractivity contribution is 7.14. The van der Waals surface area contributed by atoms with E-state index in [-0.39, 0.29) is 11.3 Å². The molecular weight excluding hydrogens is 396 g/mol. The summed E-state index contributed by atoms with van der Waals surface area (Å²) in [6.07, 6.45) is 0.